The van der Waals surface area contributed by atoms with E-state index < -0.39 is 5.91 Å². The van der Waals surface area contributed by atoms with Gasteiger partial charge in [0.05, 0.1) is 25.5 Å². The zero-order valence-corrected chi connectivity index (χ0v) is 17.1. The Bertz CT molecular complexity index is 967. The molecule has 0 unspecified atom stereocenters. The van der Waals surface area contributed by atoms with Crippen molar-refractivity contribution in [2.24, 2.45) is 5.73 Å². The summed E-state index contributed by atoms with van der Waals surface area (Å²) in [6, 6.07) is 8.03. The van der Waals surface area contributed by atoms with Gasteiger partial charge in [0, 0.05) is 6.54 Å². The second-order valence-electron chi connectivity index (χ2n) is 7.80. The molecule has 1 aromatic carbocycles. The largest absolute Gasteiger partial charge is 0.497 e. The van der Waals surface area contributed by atoms with Crippen LogP contribution in [-0.2, 0) is 6.42 Å². The summed E-state index contributed by atoms with van der Waals surface area (Å²) < 4.78 is 5.27. The Labute approximate surface area is 176 Å². The lowest BCUT2D eigenvalue weighted by molar-refractivity contribution is 0.0678. The fourth-order valence-corrected chi connectivity index (χ4v) is 4.45. The number of carbonyl (C=O) groups excluding carboxylic acids is 2. The molecule has 2 N–H and O–H groups in total. The molecular weight excluding hydrogens is 380 g/mol. The number of nitrogens with two attached hydrogens (primary N) is 1. The van der Waals surface area contributed by atoms with Crippen molar-refractivity contribution < 1.29 is 14.3 Å². The normalized spacial score (nSPS) is 18.7. The number of rotatable bonds is 5. The quantitative estimate of drug-likeness (QED) is 0.770. The zero-order chi connectivity index (χ0) is 21.1. The molecule has 0 fully saturated rings. The third-order valence-corrected chi connectivity index (χ3v) is 6.03. The Kier molecular flexibility index (Phi) is 5.79. The van der Waals surface area contributed by atoms with Gasteiger partial charge >= 0.3 is 0 Å². The van der Waals surface area contributed by atoms with Gasteiger partial charge in [-0.3, -0.25) is 9.59 Å². The molecule has 156 valence electrons. The molecule has 2 heterocycles. The highest BCUT2D eigenvalue weighted by Gasteiger charge is 2.34. The van der Waals surface area contributed by atoms with E-state index in [0.29, 0.717) is 6.54 Å². The molecule has 2 amide bonds. The first-order valence-electron chi connectivity index (χ1n) is 10.3. The lowest BCUT2D eigenvalue weighted by atomic mass is 9.80. The number of hydrogen-bond acceptors (Lipinski definition) is 5. The van der Waals surface area contributed by atoms with Gasteiger partial charge in [-0.15, -0.1) is 0 Å². The number of amides is 2. The SMILES string of the molecule is COc1ccc(C[C@@H]2C3=C(CCCC3)CCN2C(=O)c2cnc(C(N)=O)cn2)cc1. The topological polar surface area (TPSA) is 98.4 Å². The Balaban J connectivity index is 1.63. The second kappa shape index (κ2) is 8.65. The smallest absolute Gasteiger partial charge is 0.274 e. The third-order valence-electron chi connectivity index (χ3n) is 6.03. The first kappa shape index (κ1) is 20.1. The molecule has 2 aliphatic rings. The fourth-order valence-electron chi connectivity index (χ4n) is 4.45. The Hall–Kier alpha value is -3.22. The lowest BCUT2D eigenvalue weighted by Crippen LogP contribution is -2.47. The van der Waals surface area contributed by atoms with E-state index in [0.717, 1.165) is 43.4 Å². The number of carbonyl (C=O) groups is 2. The average molecular weight is 406 g/mol. The highest BCUT2D eigenvalue weighted by atomic mass is 16.5. The van der Waals surface area contributed by atoms with Crippen LogP contribution in [0.2, 0.25) is 0 Å². The summed E-state index contributed by atoms with van der Waals surface area (Å²) in [4.78, 5) is 34.6. The highest BCUT2D eigenvalue weighted by molar-refractivity contribution is 5.94. The van der Waals surface area contributed by atoms with Gasteiger partial charge in [0.2, 0.25) is 0 Å². The van der Waals surface area contributed by atoms with E-state index in [2.05, 4.69) is 22.1 Å². The Morgan fingerprint density at radius 2 is 1.77 bits per heavy atom. The predicted molar refractivity (Wildman–Crippen MR) is 112 cm³/mol. The van der Waals surface area contributed by atoms with Crippen molar-refractivity contribution >= 4 is 11.8 Å². The minimum atomic E-state index is -0.658. The fraction of sp³-hybridized carbons (Fsp3) is 0.391. The number of hydrogen-bond donors (Lipinski definition) is 1. The molecule has 7 heteroatoms. The summed E-state index contributed by atoms with van der Waals surface area (Å²) in [6.07, 6.45) is 8.82. The van der Waals surface area contributed by atoms with Crippen LogP contribution in [0.3, 0.4) is 0 Å². The standard InChI is InChI=1S/C23H26N4O3/c1-30-17-8-6-15(7-9-17)12-21-18-5-3-2-4-16(18)10-11-27(21)23(29)20-14-25-19(13-26-20)22(24)28/h6-9,13-14,21H,2-5,10-12H2,1H3,(H2,24,28)/t21-/m1/s1. The number of methoxy groups -OCH3 is 1. The van der Waals surface area contributed by atoms with Gasteiger partial charge in [-0.1, -0.05) is 17.7 Å². The molecular formula is C23H26N4O3. The van der Waals surface area contributed by atoms with Crippen LogP contribution in [-0.4, -0.2) is 46.4 Å². The van der Waals surface area contributed by atoms with Crippen LogP contribution in [0.15, 0.2) is 47.8 Å². The molecule has 1 aliphatic heterocycles. The van der Waals surface area contributed by atoms with Gasteiger partial charge in [-0.25, -0.2) is 9.97 Å². The van der Waals surface area contributed by atoms with Crippen molar-refractivity contribution in [3.8, 4) is 5.75 Å². The minimum Gasteiger partial charge on any atom is -0.497 e. The summed E-state index contributed by atoms with van der Waals surface area (Å²) in [5.41, 5.74) is 9.60. The van der Waals surface area contributed by atoms with Gasteiger partial charge in [-0.2, -0.15) is 0 Å². The van der Waals surface area contributed by atoms with Crippen LogP contribution < -0.4 is 10.5 Å². The first-order valence-corrected chi connectivity index (χ1v) is 10.3. The van der Waals surface area contributed by atoms with Crippen LogP contribution in [0, 0.1) is 0 Å². The molecule has 0 saturated heterocycles. The molecule has 0 bridgehead atoms. The van der Waals surface area contributed by atoms with Crippen molar-refractivity contribution in [3.05, 3.63) is 64.8 Å². The molecule has 0 spiro atoms. The van der Waals surface area contributed by atoms with E-state index in [9.17, 15) is 9.59 Å². The summed E-state index contributed by atoms with van der Waals surface area (Å²) in [5.74, 6) is 0.000671. The lowest BCUT2D eigenvalue weighted by Gasteiger charge is -2.41. The number of nitrogens with zero attached hydrogens (tertiary/aromatic N) is 3. The molecule has 2 aromatic rings. The maximum atomic E-state index is 13.3. The first-order chi connectivity index (χ1) is 14.6. The van der Waals surface area contributed by atoms with Crippen LogP contribution in [0.5, 0.6) is 5.75 Å². The maximum absolute atomic E-state index is 13.3. The van der Waals surface area contributed by atoms with E-state index >= 15 is 0 Å². The van der Waals surface area contributed by atoms with E-state index in [1.807, 2.05) is 17.0 Å². The Morgan fingerprint density at radius 3 is 2.43 bits per heavy atom. The van der Waals surface area contributed by atoms with Crippen molar-refractivity contribution in [1.82, 2.24) is 14.9 Å². The number of primary amides is 1. The van der Waals surface area contributed by atoms with Gasteiger partial charge in [-0.05, 0) is 61.8 Å². The number of aromatic nitrogens is 2. The zero-order valence-electron chi connectivity index (χ0n) is 17.1. The van der Waals surface area contributed by atoms with Crippen molar-refractivity contribution in [2.45, 2.75) is 44.6 Å². The Morgan fingerprint density at radius 1 is 1.07 bits per heavy atom. The molecule has 1 aliphatic carbocycles. The van der Waals surface area contributed by atoms with Gasteiger partial charge < -0.3 is 15.4 Å². The van der Waals surface area contributed by atoms with E-state index in [4.69, 9.17) is 10.5 Å². The minimum absolute atomic E-state index is 0.00700. The molecule has 7 nitrogen and oxygen atoms in total. The molecule has 4 rings (SSSR count). The summed E-state index contributed by atoms with van der Waals surface area (Å²) in [5, 5.41) is 0. The van der Waals surface area contributed by atoms with Gasteiger partial charge in [0.15, 0.2) is 0 Å². The maximum Gasteiger partial charge on any atom is 0.274 e. The van der Waals surface area contributed by atoms with E-state index in [-0.39, 0.29) is 23.3 Å². The second-order valence-corrected chi connectivity index (χ2v) is 7.80. The monoisotopic (exact) mass is 406 g/mol. The summed E-state index contributed by atoms with van der Waals surface area (Å²) >= 11 is 0. The van der Waals surface area contributed by atoms with Crippen LogP contribution in [0.1, 0.15) is 58.6 Å². The van der Waals surface area contributed by atoms with Crippen LogP contribution in [0.25, 0.3) is 0 Å². The predicted octanol–water partition coefficient (Wildman–Crippen LogP) is 2.91. The van der Waals surface area contributed by atoms with E-state index in [1.165, 1.54) is 30.0 Å². The van der Waals surface area contributed by atoms with E-state index in [1.54, 1.807) is 7.11 Å². The van der Waals surface area contributed by atoms with Crippen molar-refractivity contribution in [3.63, 3.8) is 0 Å². The molecule has 0 radical (unpaired) electrons. The average Bonchev–Trinajstić information content (AvgIpc) is 2.79. The molecule has 0 saturated carbocycles. The molecule has 1 aromatic heterocycles. The van der Waals surface area contributed by atoms with Crippen molar-refractivity contribution in [1.29, 1.82) is 0 Å². The highest BCUT2D eigenvalue weighted by Crippen LogP contribution is 2.37. The van der Waals surface area contributed by atoms with Crippen LogP contribution in [0.4, 0.5) is 0 Å². The number of ether oxygens (including phenoxy) is 1. The molecule has 1 atom stereocenters. The van der Waals surface area contributed by atoms with Gasteiger partial charge in [0.25, 0.3) is 11.8 Å². The summed E-state index contributed by atoms with van der Waals surface area (Å²) in [7, 11) is 1.65. The van der Waals surface area contributed by atoms with Crippen molar-refractivity contribution in [2.75, 3.05) is 13.7 Å². The third kappa shape index (κ3) is 4.06. The summed E-state index contributed by atoms with van der Waals surface area (Å²) in [6.45, 7) is 0.664. The van der Waals surface area contributed by atoms with Crippen LogP contribution >= 0.6 is 0 Å². The van der Waals surface area contributed by atoms with Gasteiger partial charge in [0.1, 0.15) is 17.1 Å². The number of benzene rings is 1. The molecule has 30 heavy (non-hydrogen) atoms.